The van der Waals surface area contributed by atoms with Gasteiger partial charge < -0.3 is 9.47 Å². The molecule has 1 unspecified atom stereocenters. The van der Waals surface area contributed by atoms with Gasteiger partial charge in [-0.05, 0) is 32.0 Å². The van der Waals surface area contributed by atoms with Gasteiger partial charge in [0.2, 0.25) is 0 Å². The van der Waals surface area contributed by atoms with Crippen LogP contribution in [-0.4, -0.2) is 19.3 Å². The fraction of sp³-hybridized carbons (Fsp3) is 0.462. The Bertz CT molecular complexity index is 466. The minimum atomic E-state index is -4.54. The molecule has 0 fully saturated rings. The number of rotatable bonds is 5. The highest BCUT2D eigenvalue weighted by Gasteiger charge is 2.33. The van der Waals surface area contributed by atoms with Crippen molar-refractivity contribution in [3.8, 4) is 11.8 Å². The Hall–Kier alpha value is -1.74. The molecular weight excluding hydrogens is 259 g/mol. The van der Waals surface area contributed by atoms with Crippen molar-refractivity contribution in [3.63, 3.8) is 0 Å². The van der Waals surface area contributed by atoms with Crippen molar-refractivity contribution < 1.29 is 22.6 Å². The van der Waals surface area contributed by atoms with Crippen LogP contribution in [0.5, 0.6) is 5.75 Å². The van der Waals surface area contributed by atoms with Crippen molar-refractivity contribution >= 4 is 0 Å². The fourth-order valence-corrected chi connectivity index (χ4v) is 1.49. The van der Waals surface area contributed by atoms with Gasteiger partial charge in [0.25, 0.3) is 0 Å². The number of hydrogen-bond donors (Lipinski definition) is 0. The maximum Gasteiger partial charge on any atom is 0.417 e. The van der Waals surface area contributed by atoms with E-state index in [0.717, 1.165) is 12.1 Å². The number of ether oxygens (including phenoxy) is 2. The van der Waals surface area contributed by atoms with Crippen LogP contribution >= 0.6 is 0 Å². The molecule has 0 aliphatic carbocycles. The van der Waals surface area contributed by atoms with Gasteiger partial charge in [0.1, 0.15) is 11.9 Å². The maximum absolute atomic E-state index is 12.6. The predicted octanol–water partition coefficient (Wildman–Crippen LogP) is 3.38. The van der Waals surface area contributed by atoms with Gasteiger partial charge in [-0.1, -0.05) is 0 Å². The molecule has 0 N–H and O–H groups in total. The van der Waals surface area contributed by atoms with Crippen molar-refractivity contribution in [2.45, 2.75) is 26.1 Å². The summed E-state index contributed by atoms with van der Waals surface area (Å²) in [6.45, 7) is 4.43. The molecule has 0 aliphatic rings. The van der Waals surface area contributed by atoms with Crippen LogP contribution < -0.4 is 4.74 Å². The van der Waals surface area contributed by atoms with Gasteiger partial charge in [-0.15, -0.1) is 0 Å². The first-order valence-electron chi connectivity index (χ1n) is 5.74. The third kappa shape index (κ3) is 4.45. The van der Waals surface area contributed by atoms with E-state index in [1.54, 1.807) is 6.92 Å². The van der Waals surface area contributed by atoms with Gasteiger partial charge in [-0.25, -0.2) is 0 Å². The number of nitrogens with zero attached hydrogens (tertiary/aromatic N) is 1. The van der Waals surface area contributed by atoms with Gasteiger partial charge in [-0.3, -0.25) is 0 Å². The Morgan fingerprint density at radius 3 is 2.58 bits per heavy atom. The molecule has 0 saturated heterocycles. The molecular formula is C13H14F3NO2. The molecule has 0 radical (unpaired) electrons. The summed E-state index contributed by atoms with van der Waals surface area (Å²) in [5.41, 5.74) is -1.41. The van der Waals surface area contributed by atoms with E-state index < -0.39 is 17.3 Å². The quantitative estimate of drug-likeness (QED) is 0.825. The zero-order valence-electron chi connectivity index (χ0n) is 10.6. The minimum absolute atomic E-state index is 0.219. The lowest BCUT2D eigenvalue weighted by Crippen LogP contribution is -2.19. The Morgan fingerprint density at radius 1 is 1.37 bits per heavy atom. The zero-order valence-corrected chi connectivity index (χ0v) is 10.6. The molecule has 3 nitrogen and oxygen atoms in total. The number of halogens is 3. The standard InChI is InChI=1S/C13H14F3NO2/c1-3-18-8-9(2)19-11-4-5-12(13(14,15)16)10(6-11)7-17/h4-6,9H,3,8H2,1-2H3. The van der Waals surface area contributed by atoms with Crippen LogP contribution in [0.15, 0.2) is 18.2 Å². The molecule has 0 heterocycles. The molecule has 0 saturated carbocycles. The third-order valence-electron chi connectivity index (χ3n) is 2.31. The van der Waals surface area contributed by atoms with Gasteiger partial charge in [0, 0.05) is 6.61 Å². The number of nitriles is 1. The molecule has 6 heteroatoms. The lowest BCUT2D eigenvalue weighted by Gasteiger charge is -2.16. The average molecular weight is 273 g/mol. The fourth-order valence-electron chi connectivity index (χ4n) is 1.49. The first-order valence-corrected chi connectivity index (χ1v) is 5.74. The van der Waals surface area contributed by atoms with Gasteiger partial charge in [0.05, 0.1) is 23.8 Å². The van der Waals surface area contributed by atoms with E-state index in [1.807, 2.05) is 6.92 Å². The van der Waals surface area contributed by atoms with Crippen molar-refractivity contribution in [2.75, 3.05) is 13.2 Å². The topological polar surface area (TPSA) is 42.2 Å². The van der Waals surface area contributed by atoms with E-state index in [-0.39, 0.29) is 11.9 Å². The Balaban J connectivity index is 2.87. The Kier molecular flexibility index (Phi) is 5.19. The number of hydrogen-bond acceptors (Lipinski definition) is 3. The van der Waals surface area contributed by atoms with Crippen molar-refractivity contribution in [2.24, 2.45) is 0 Å². The first kappa shape index (κ1) is 15.3. The minimum Gasteiger partial charge on any atom is -0.488 e. The molecule has 0 spiro atoms. The highest BCUT2D eigenvalue weighted by molar-refractivity contribution is 5.44. The third-order valence-corrected chi connectivity index (χ3v) is 2.31. The summed E-state index contributed by atoms with van der Waals surface area (Å²) in [7, 11) is 0. The Labute approximate surface area is 109 Å². The van der Waals surface area contributed by atoms with E-state index in [1.165, 1.54) is 12.1 Å². The van der Waals surface area contributed by atoms with Crippen molar-refractivity contribution in [1.29, 1.82) is 5.26 Å². The lowest BCUT2D eigenvalue weighted by atomic mass is 10.1. The smallest absolute Gasteiger partial charge is 0.417 e. The van der Waals surface area contributed by atoms with Gasteiger partial charge in [0.15, 0.2) is 0 Å². The van der Waals surface area contributed by atoms with Crippen LogP contribution in [-0.2, 0) is 10.9 Å². The number of alkyl halides is 3. The average Bonchev–Trinajstić information content (AvgIpc) is 2.34. The SMILES string of the molecule is CCOCC(C)Oc1ccc(C(F)(F)F)c(C#N)c1. The van der Waals surface area contributed by atoms with Gasteiger partial charge in [-0.2, -0.15) is 18.4 Å². The van der Waals surface area contributed by atoms with Crippen LogP contribution in [0.3, 0.4) is 0 Å². The summed E-state index contributed by atoms with van der Waals surface area (Å²) in [4.78, 5) is 0. The summed E-state index contributed by atoms with van der Waals surface area (Å²) in [5, 5.41) is 8.75. The lowest BCUT2D eigenvalue weighted by molar-refractivity contribution is -0.137. The summed E-state index contributed by atoms with van der Waals surface area (Å²) in [6.07, 6.45) is -4.84. The molecule has 104 valence electrons. The van der Waals surface area contributed by atoms with Crippen molar-refractivity contribution in [1.82, 2.24) is 0 Å². The predicted molar refractivity (Wildman–Crippen MR) is 62.7 cm³/mol. The summed E-state index contributed by atoms with van der Waals surface area (Å²) < 4.78 is 48.3. The second-order valence-corrected chi connectivity index (χ2v) is 3.90. The Morgan fingerprint density at radius 2 is 2.05 bits per heavy atom. The van der Waals surface area contributed by atoms with E-state index in [9.17, 15) is 13.2 Å². The molecule has 19 heavy (non-hydrogen) atoms. The second-order valence-electron chi connectivity index (χ2n) is 3.90. The van der Waals surface area contributed by atoms with Crippen molar-refractivity contribution in [3.05, 3.63) is 29.3 Å². The molecule has 0 bridgehead atoms. The zero-order chi connectivity index (χ0) is 14.5. The summed E-state index contributed by atoms with van der Waals surface area (Å²) in [5.74, 6) is 0.219. The molecule has 0 aliphatic heterocycles. The van der Waals surface area contributed by atoms with Crippen LogP contribution in [0.25, 0.3) is 0 Å². The normalized spacial score (nSPS) is 12.8. The maximum atomic E-state index is 12.6. The highest BCUT2D eigenvalue weighted by atomic mass is 19.4. The molecule has 1 aromatic rings. The molecule has 1 rings (SSSR count). The monoisotopic (exact) mass is 273 g/mol. The molecule has 0 amide bonds. The van der Waals surface area contributed by atoms with E-state index in [2.05, 4.69) is 0 Å². The molecule has 1 aromatic carbocycles. The number of benzene rings is 1. The van der Waals surface area contributed by atoms with Gasteiger partial charge >= 0.3 is 6.18 Å². The molecule has 1 atom stereocenters. The largest absolute Gasteiger partial charge is 0.488 e. The van der Waals surface area contributed by atoms with E-state index in [0.29, 0.717) is 13.2 Å². The van der Waals surface area contributed by atoms with Crippen LogP contribution in [0.4, 0.5) is 13.2 Å². The van der Waals surface area contributed by atoms with Crippen LogP contribution in [0, 0.1) is 11.3 Å². The van der Waals surface area contributed by atoms with Crippen LogP contribution in [0.2, 0.25) is 0 Å². The molecule has 0 aromatic heterocycles. The second kappa shape index (κ2) is 6.43. The van der Waals surface area contributed by atoms with E-state index >= 15 is 0 Å². The highest BCUT2D eigenvalue weighted by Crippen LogP contribution is 2.33. The first-order chi connectivity index (χ1) is 8.88. The summed E-state index contributed by atoms with van der Waals surface area (Å²) >= 11 is 0. The van der Waals surface area contributed by atoms with E-state index in [4.69, 9.17) is 14.7 Å². The summed E-state index contributed by atoms with van der Waals surface area (Å²) in [6, 6.07) is 4.67. The van der Waals surface area contributed by atoms with Crippen LogP contribution in [0.1, 0.15) is 25.0 Å².